The van der Waals surface area contributed by atoms with E-state index < -0.39 is 12.2 Å². The molecule has 1 atom stereocenters. The maximum atomic E-state index is 11.6. The molecule has 0 N–H and O–H groups in total. The van der Waals surface area contributed by atoms with Crippen LogP contribution >= 0.6 is 0 Å². The minimum absolute atomic E-state index is 0.167. The molecule has 0 aliphatic carbocycles. The third-order valence-electron chi connectivity index (χ3n) is 1.90. The number of carbonyl (C=O) groups is 2. The second-order valence-corrected chi connectivity index (χ2v) is 2.98. The molecule has 0 fully saturated rings. The molecule has 4 nitrogen and oxygen atoms in total. The van der Waals surface area contributed by atoms with E-state index in [1.807, 2.05) is 0 Å². The maximum absolute atomic E-state index is 11.6. The van der Waals surface area contributed by atoms with Crippen LogP contribution in [0.1, 0.15) is 27.7 Å². The Labute approximate surface area is 84.6 Å². The monoisotopic (exact) mass is 202 g/mol. The zero-order chi connectivity index (χ0) is 11.1. The number of ketones is 2. The van der Waals surface area contributed by atoms with E-state index in [4.69, 9.17) is 9.47 Å². The molecule has 0 bridgehead atoms. The summed E-state index contributed by atoms with van der Waals surface area (Å²) in [6.07, 6.45) is -0.899. The van der Waals surface area contributed by atoms with Crippen molar-refractivity contribution in [3.8, 4) is 0 Å². The summed E-state index contributed by atoms with van der Waals surface area (Å²) in [5, 5.41) is 0. The highest BCUT2D eigenvalue weighted by Crippen LogP contribution is 2.07. The van der Waals surface area contributed by atoms with E-state index in [0.717, 1.165) is 0 Å². The highest BCUT2D eigenvalue weighted by atomic mass is 16.7. The Balaban J connectivity index is 4.33. The number of ether oxygens (including phenoxy) is 2. The van der Waals surface area contributed by atoms with Gasteiger partial charge in [0.05, 0.1) is 5.92 Å². The van der Waals surface area contributed by atoms with Crippen LogP contribution in [0.4, 0.5) is 0 Å². The second kappa shape index (κ2) is 6.68. The van der Waals surface area contributed by atoms with E-state index in [1.54, 1.807) is 20.8 Å². The molecule has 0 aromatic rings. The zero-order valence-corrected chi connectivity index (χ0v) is 9.20. The topological polar surface area (TPSA) is 52.6 Å². The fourth-order valence-electron chi connectivity index (χ4n) is 0.920. The first-order chi connectivity index (χ1) is 6.54. The summed E-state index contributed by atoms with van der Waals surface area (Å²) < 4.78 is 10.2. The van der Waals surface area contributed by atoms with Crippen molar-refractivity contribution in [2.75, 3.05) is 13.2 Å². The fourth-order valence-corrected chi connectivity index (χ4v) is 0.920. The van der Waals surface area contributed by atoms with E-state index in [2.05, 4.69) is 0 Å². The Hall–Kier alpha value is -0.740. The van der Waals surface area contributed by atoms with E-state index in [0.29, 0.717) is 13.2 Å². The molecule has 0 aromatic heterocycles. The van der Waals surface area contributed by atoms with Crippen molar-refractivity contribution in [1.82, 2.24) is 0 Å². The average Bonchev–Trinajstić information content (AvgIpc) is 2.15. The smallest absolute Gasteiger partial charge is 0.218 e. The van der Waals surface area contributed by atoms with Gasteiger partial charge in [0.1, 0.15) is 5.78 Å². The Morgan fingerprint density at radius 2 is 1.57 bits per heavy atom. The summed E-state index contributed by atoms with van der Waals surface area (Å²) in [6, 6.07) is 0. The molecular weight excluding hydrogens is 184 g/mol. The van der Waals surface area contributed by atoms with Gasteiger partial charge in [-0.2, -0.15) is 0 Å². The zero-order valence-electron chi connectivity index (χ0n) is 9.20. The first-order valence-electron chi connectivity index (χ1n) is 4.81. The lowest BCUT2D eigenvalue weighted by Gasteiger charge is -2.17. The summed E-state index contributed by atoms with van der Waals surface area (Å²) in [5.41, 5.74) is 0. The Morgan fingerprint density at radius 3 is 1.86 bits per heavy atom. The van der Waals surface area contributed by atoms with Gasteiger partial charge in [-0.25, -0.2) is 0 Å². The molecule has 0 radical (unpaired) electrons. The van der Waals surface area contributed by atoms with Crippen molar-refractivity contribution < 1.29 is 19.1 Å². The Bertz CT molecular complexity index is 194. The Kier molecular flexibility index (Phi) is 6.32. The molecular formula is C10H18O4. The molecule has 82 valence electrons. The van der Waals surface area contributed by atoms with E-state index >= 15 is 0 Å². The van der Waals surface area contributed by atoms with Crippen molar-refractivity contribution in [2.24, 2.45) is 5.92 Å². The van der Waals surface area contributed by atoms with Crippen LogP contribution in [-0.2, 0) is 19.1 Å². The predicted molar refractivity (Wildman–Crippen MR) is 51.9 cm³/mol. The van der Waals surface area contributed by atoms with Crippen LogP contribution in [0.15, 0.2) is 0 Å². The maximum Gasteiger partial charge on any atom is 0.218 e. The van der Waals surface area contributed by atoms with Crippen LogP contribution in [0.25, 0.3) is 0 Å². The van der Waals surface area contributed by atoms with Crippen LogP contribution in [0.2, 0.25) is 0 Å². The molecule has 14 heavy (non-hydrogen) atoms. The summed E-state index contributed by atoms with van der Waals surface area (Å²) in [7, 11) is 0. The number of hydrogen-bond donors (Lipinski definition) is 0. The highest BCUT2D eigenvalue weighted by Gasteiger charge is 2.27. The minimum atomic E-state index is -0.899. The molecule has 0 aliphatic heterocycles. The standard InChI is InChI=1S/C10H18O4/c1-5-13-10(14-6-2)9(12)7(3)8(4)11/h7,10H,5-6H2,1-4H3. The van der Waals surface area contributed by atoms with Crippen molar-refractivity contribution in [1.29, 1.82) is 0 Å². The minimum Gasteiger partial charge on any atom is -0.346 e. The molecule has 0 saturated heterocycles. The van der Waals surface area contributed by atoms with Crippen molar-refractivity contribution in [3.63, 3.8) is 0 Å². The molecule has 0 spiro atoms. The highest BCUT2D eigenvalue weighted by molar-refractivity contribution is 6.02. The van der Waals surface area contributed by atoms with Crippen LogP contribution < -0.4 is 0 Å². The normalized spacial score (nSPS) is 12.9. The number of rotatable bonds is 7. The van der Waals surface area contributed by atoms with E-state index in [9.17, 15) is 9.59 Å². The van der Waals surface area contributed by atoms with Gasteiger partial charge in [0.25, 0.3) is 0 Å². The molecule has 0 amide bonds. The van der Waals surface area contributed by atoms with Gasteiger partial charge < -0.3 is 9.47 Å². The number of carbonyl (C=O) groups excluding carboxylic acids is 2. The average molecular weight is 202 g/mol. The van der Waals surface area contributed by atoms with Gasteiger partial charge in [0.15, 0.2) is 5.78 Å². The Morgan fingerprint density at radius 1 is 1.14 bits per heavy atom. The van der Waals surface area contributed by atoms with Crippen LogP contribution in [-0.4, -0.2) is 31.1 Å². The van der Waals surface area contributed by atoms with Gasteiger partial charge in [0, 0.05) is 13.2 Å². The van der Waals surface area contributed by atoms with E-state index in [1.165, 1.54) is 6.92 Å². The second-order valence-electron chi connectivity index (χ2n) is 2.98. The first kappa shape index (κ1) is 13.3. The van der Waals surface area contributed by atoms with Gasteiger partial charge in [-0.3, -0.25) is 9.59 Å². The van der Waals surface area contributed by atoms with E-state index in [-0.39, 0.29) is 11.6 Å². The lowest BCUT2D eigenvalue weighted by molar-refractivity contribution is -0.172. The van der Waals surface area contributed by atoms with Crippen molar-refractivity contribution >= 4 is 11.6 Å². The number of Topliss-reactive ketones (excluding diaryl/α,β-unsaturated/α-hetero) is 2. The molecule has 0 saturated carbocycles. The summed E-state index contributed by atoms with van der Waals surface area (Å²) in [4.78, 5) is 22.6. The lowest BCUT2D eigenvalue weighted by atomic mass is 10.0. The third kappa shape index (κ3) is 3.98. The van der Waals surface area contributed by atoms with Crippen molar-refractivity contribution in [2.45, 2.75) is 34.0 Å². The van der Waals surface area contributed by atoms with Crippen LogP contribution in [0, 0.1) is 5.92 Å². The van der Waals surface area contributed by atoms with Gasteiger partial charge in [-0.05, 0) is 27.7 Å². The fraction of sp³-hybridized carbons (Fsp3) is 0.800. The summed E-state index contributed by atoms with van der Waals surface area (Å²) >= 11 is 0. The van der Waals surface area contributed by atoms with Crippen LogP contribution in [0.5, 0.6) is 0 Å². The van der Waals surface area contributed by atoms with Gasteiger partial charge in [-0.1, -0.05) is 0 Å². The molecule has 1 unspecified atom stereocenters. The lowest BCUT2D eigenvalue weighted by Crippen LogP contribution is -2.34. The molecule has 0 rings (SSSR count). The van der Waals surface area contributed by atoms with Gasteiger partial charge in [-0.15, -0.1) is 0 Å². The summed E-state index contributed by atoms with van der Waals surface area (Å²) in [5.74, 6) is -1.13. The first-order valence-corrected chi connectivity index (χ1v) is 4.81. The molecule has 0 heterocycles. The molecule has 0 aromatic carbocycles. The third-order valence-corrected chi connectivity index (χ3v) is 1.90. The van der Waals surface area contributed by atoms with Gasteiger partial charge >= 0.3 is 0 Å². The predicted octanol–water partition coefficient (Wildman–Crippen LogP) is 1.18. The van der Waals surface area contributed by atoms with Crippen molar-refractivity contribution in [3.05, 3.63) is 0 Å². The largest absolute Gasteiger partial charge is 0.346 e. The molecule has 4 heteroatoms. The molecule has 0 aliphatic rings. The van der Waals surface area contributed by atoms with Gasteiger partial charge in [0.2, 0.25) is 6.29 Å². The number of hydrogen-bond acceptors (Lipinski definition) is 4. The van der Waals surface area contributed by atoms with Crippen LogP contribution in [0.3, 0.4) is 0 Å². The SMILES string of the molecule is CCOC(OCC)C(=O)C(C)C(C)=O. The quantitative estimate of drug-likeness (QED) is 0.459. The summed E-state index contributed by atoms with van der Waals surface area (Å²) in [6.45, 7) is 7.28.